The smallest absolute Gasteiger partial charge is 0.258 e. The summed E-state index contributed by atoms with van der Waals surface area (Å²) in [5.74, 6) is 0.639. The Morgan fingerprint density at radius 1 is 1.27 bits per heavy atom. The van der Waals surface area contributed by atoms with Crippen LogP contribution in [0.3, 0.4) is 0 Å². The molecule has 0 unspecified atom stereocenters. The topological polar surface area (TPSA) is 68.9 Å². The van der Waals surface area contributed by atoms with E-state index >= 15 is 0 Å². The van der Waals surface area contributed by atoms with E-state index in [0.29, 0.717) is 5.75 Å². The number of thioether (sulfide) groups is 1. The van der Waals surface area contributed by atoms with Gasteiger partial charge in [0, 0.05) is 29.3 Å². The zero-order chi connectivity index (χ0) is 15.5. The van der Waals surface area contributed by atoms with Gasteiger partial charge in [0.2, 0.25) is 0 Å². The molecule has 0 spiro atoms. The van der Waals surface area contributed by atoms with Crippen LogP contribution in [0.15, 0.2) is 29.4 Å². The highest BCUT2D eigenvalue weighted by Crippen LogP contribution is 2.27. The molecule has 0 bridgehead atoms. The highest BCUT2D eigenvalue weighted by Gasteiger charge is 2.15. The second-order valence-electron chi connectivity index (χ2n) is 5.44. The van der Waals surface area contributed by atoms with Crippen molar-refractivity contribution in [3.8, 4) is 0 Å². The molecule has 114 valence electrons. The van der Waals surface area contributed by atoms with Gasteiger partial charge in [0.1, 0.15) is 0 Å². The molecule has 2 aromatic rings. The number of rotatable bonds is 4. The molecule has 6 heteroatoms. The number of benzene rings is 1. The fraction of sp³-hybridized carbons (Fsp3) is 0.375. The highest BCUT2D eigenvalue weighted by molar-refractivity contribution is 7.98. The molecule has 3 rings (SSSR count). The second kappa shape index (κ2) is 6.44. The average molecular weight is 315 g/mol. The van der Waals surface area contributed by atoms with Crippen LogP contribution in [0.2, 0.25) is 0 Å². The second-order valence-corrected chi connectivity index (χ2v) is 6.38. The van der Waals surface area contributed by atoms with Crippen LogP contribution >= 0.6 is 11.8 Å². The summed E-state index contributed by atoms with van der Waals surface area (Å²) in [6.07, 6.45) is 4.52. The first-order chi connectivity index (χ1) is 10.6. The minimum absolute atomic E-state index is 0.126. The van der Waals surface area contributed by atoms with Crippen molar-refractivity contribution in [1.29, 1.82) is 0 Å². The van der Waals surface area contributed by atoms with Gasteiger partial charge in [-0.2, -0.15) is 0 Å². The zero-order valence-corrected chi connectivity index (χ0v) is 13.2. The lowest BCUT2D eigenvalue weighted by Gasteiger charge is -2.17. The molecule has 22 heavy (non-hydrogen) atoms. The predicted octanol–water partition coefficient (Wildman–Crippen LogP) is 3.86. The van der Waals surface area contributed by atoms with E-state index in [9.17, 15) is 10.1 Å². The minimum atomic E-state index is -0.367. The molecule has 5 nitrogen and oxygen atoms in total. The summed E-state index contributed by atoms with van der Waals surface area (Å²) >= 11 is 1.54. The molecule has 0 aliphatic heterocycles. The SMILES string of the molecule is Cc1nc(SCc2cccc([N+](=O)[O-])c2)nc2c1CCCC2. The van der Waals surface area contributed by atoms with Crippen LogP contribution in [0.4, 0.5) is 5.69 Å². The quantitative estimate of drug-likeness (QED) is 0.371. The van der Waals surface area contributed by atoms with E-state index in [4.69, 9.17) is 0 Å². The first kappa shape index (κ1) is 15.0. The van der Waals surface area contributed by atoms with Crippen molar-refractivity contribution in [2.75, 3.05) is 0 Å². The lowest BCUT2D eigenvalue weighted by molar-refractivity contribution is -0.384. The van der Waals surface area contributed by atoms with Crippen LogP contribution in [-0.2, 0) is 18.6 Å². The predicted molar refractivity (Wildman–Crippen MR) is 86.1 cm³/mol. The van der Waals surface area contributed by atoms with E-state index in [2.05, 4.69) is 9.97 Å². The van der Waals surface area contributed by atoms with Gasteiger partial charge >= 0.3 is 0 Å². The van der Waals surface area contributed by atoms with Crippen LogP contribution in [0, 0.1) is 17.0 Å². The summed E-state index contributed by atoms with van der Waals surface area (Å²) in [6, 6.07) is 6.73. The molecule has 0 radical (unpaired) electrons. The first-order valence-electron chi connectivity index (χ1n) is 7.36. The van der Waals surface area contributed by atoms with Crippen LogP contribution in [-0.4, -0.2) is 14.9 Å². The van der Waals surface area contributed by atoms with E-state index < -0.39 is 0 Å². The Balaban J connectivity index is 1.75. The van der Waals surface area contributed by atoms with E-state index in [1.807, 2.05) is 13.0 Å². The van der Waals surface area contributed by atoms with Gasteiger partial charge in [0.25, 0.3) is 5.69 Å². The molecule has 1 aromatic heterocycles. The average Bonchev–Trinajstić information content (AvgIpc) is 2.53. The van der Waals surface area contributed by atoms with Gasteiger partial charge in [-0.25, -0.2) is 9.97 Å². The molecular formula is C16H17N3O2S. The van der Waals surface area contributed by atoms with Crippen molar-refractivity contribution < 1.29 is 4.92 Å². The maximum atomic E-state index is 10.8. The number of hydrogen-bond donors (Lipinski definition) is 0. The monoisotopic (exact) mass is 315 g/mol. The van der Waals surface area contributed by atoms with Gasteiger partial charge < -0.3 is 0 Å². The normalized spacial score (nSPS) is 13.7. The van der Waals surface area contributed by atoms with Crippen LogP contribution in [0.1, 0.15) is 35.4 Å². The first-order valence-corrected chi connectivity index (χ1v) is 8.34. The van der Waals surface area contributed by atoms with Crippen LogP contribution < -0.4 is 0 Å². The molecule has 1 heterocycles. The lowest BCUT2D eigenvalue weighted by atomic mass is 9.95. The van der Waals surface area contributed by atoms with Crippen molar-refractivity contribution in [2.45, 2.75) is 43.5 Å². The Hall–Kier alpha value is -1.95. The zero-order valence-electron chi connectivity index (χ0n) is 12.4. The Morgan fingerprint density at radius 2 is 2.09 bits per heavy atom. The molecule has 0 saturated heterocycles. The van der Waals surface area contributed by atoms with Gasteiger partial charge in [-0.05, 0) is 43.7 Å². The molecular weight excluding hydrogens is 298 g/mol. The van der Waals surface area contributed by atoms with E-state index in [0.717, 1.165) is 29.3 Å². The molecule has 0 amide bonds. The fourth-order valence-electron chi connectivity index (χ4n) is 2.73. The maximum Gasteiger partial charge on any atom is 0.269 e. The van der Waals surface area contributed by atoms with E-state index in [1.54, 1.807) is 12.1 Å². The standard InChI is InChI=1S/C16H17N3O2S/c1-11-14-7-2-3-8-15(14)18-16(17-11)22-10-12-5-4-6-13(9-12)19(20)21/h4-6,9H,2-3,7-8,10H2,1H3. The summed E-state index contributed by atoms with van der Waals surface area (Å²) in [5.41, 5.74) is 4.61. The van der Waals surface area contributed by atoms with Crippen molar-refractivity contribution in [3.05, 3.63) is 56.9 Å². The maximum absolute atomic E-state index is 10.8. The third kappa shape index (κ3) is 3.27. The number of hydrogen-bond acceptors (Lipinski definition) is 5. The molecule has 0 saturated carbocycles. The molecule has 0 atom stereocenters. The molecule has 1 aliphatic rings. The largest absolute Gasteiger partial charge is 0.269 e. The van der Waals surface area contributed by atoms with E-state index in [-0.39, 0.29) is 10.6 Å². The molecule has 0 fully saturated rings. The van der Waals surface area contributed by atoms with Gasteiger partial charge in [-0.15, -0.1) is 0 Å². The number of nitro benzene ring substituents is 1. The van der Waals surface area contributed by atoms with E-state index in [1.165, 1.54) is 41.9 Å². The number of non-ortho nitro benzene ring substituents is 1. The number of nitrogens with zero attached hydrogens (tertiary/aromatic N) is 3. The van der Waals surface area contributed by atoms with Crippen molar-refractivity contribution in [2.24, 2.45) is 0 Å². The Labute approximate surface area is 133 Å². The van der Waals surface area contributed by atoms with Gasteiger partial charge in [-0.1, -0.05) is 23.9 Å². The third-order valence-corrected chi connectivity index (χ3v) is 4.78. The van der Waals surface area contributed by atoms with Crippen molar-refractivity contribution in [1.82, 2.24) is 9.97 Å². The Bertz CT molecular complexity index is 719. The molecule has 0 N–H and O–H groups in total. The summed E-state index contributed by atoms with van der Waals surface area (Å²) in [5, 5.41) is 11.6. The fourth-order valence-corrected chi connectivity index (χ4v) is 3.58. The van der Waals surface area contributed by atoms with Gasteiger partial charge in [-0.3, -0.25) is 10.1 Å². The Kier molecular flexibility index (Phi) is 4.38. The Morgan fingerprint density at radius 3 is 2.91 bits per heavy atom. The summed E-state index contributed by atoms with van der Waals surface area (Å²) < 4.78 is 0. The van der Waals surface area contributed by atoms with Crippen LogP contribution in [0.25, 0.3) is 0 Å². The third-order valence-electron chi connectivity index (χ3n) is 3.86. The number of fused-ring (bicyclic) bond motifs is 1. The van der Waals surface area contributed by atoms with Crippen molar-refractivity contribution in [3.63, 3.8) is 0 Å². The highest BCUT2D eigenvalue weighted by atomic mass is 32.2. The number of aryl methyl sites for hydroxylation is 2. The summed E-state index contributed by atoms with van der Waals surface area (Å²) in [6.45, 7) is 2.04. The lowest BCUT2D eigenvalue weighted by Crippen LogP contribution is -2.10. The van der Waals surface area contributed by atoms with Gasteiger partial charge in [0.15, 0.2) is 5.16 Å². The summed E-state index contributed by atoms with van der Waals surface area (Å²) in [7, 11) is 0. The molecule has 1 aromatic carbocycles. The van der Waals surface area contributed by atoms with Crippen LogP contribution in [0.5, 0.6) is 0 Å². The number of aromatic nitrogens is 2. The number of nitro groups is 1. The summed E-state index contributed by atoms with van der Waals surface area (Å²) in [4.78, 5) is 19.7. The molecule has 1 aliphatic carbocycles. The van der Waals surface area contributed by atoms with Gasteiger partial charge in [0.05, 0.1) is 4.92 Å². The minimum Gasteiger partial charge on any atom is -0.258 e. The van der Waals surface area contributed by atoms with Crippen molar-refractivity contribution >= 4 is 17.4 Å².